The Hall–Kier alpha value is -3.09. The first-order valence-corrected chi connectivity index (χ1v) is 8.46. The molecule has 27 heavy (non-hydrogen) atoms. The summed E-state index contributed by atoms with van der Waals surface area (Å²) in [4.78, 5) is 25.3. The molecule has 0 saturated heterocycles. The molecule has 144 valence electrons. The third-order valence-corrected chi connectivity index (χ3v) is 3.99. The van der Waals surface area contributed by atoms with Crippen LogP contribution in [0.1, 0.15) is 12.5 Å². The van der Waals surface area contributed by atoms with Crippen LogP contribution in [0.4, 0.5) is 10.1 Å². The van der Waals surface area contributed by atoms with Crippen LogP contribution < -0.4 is 19.7 Å². The smallest absolute Gasteiger partial charge is 0.224 e. The quantitative estimate of drug-likeness (QED) is 0.771. The number of nitrogens with zero attached hydrogens (tertiary/aromatic N) is 1. The number of benzene rings is 2. The normalized spacial score (nSPS) is 10.2. The molecule has 2 rings (SSSR count). The van der Waals surface area contributed by atoms with Gasteiger partial charge in [0, 0.05) is 20.0 Å². The van der Waals surface area contributed by atoms with E-state index < -0.39 is 5.82 Å². The van der Waals surface area contributed by atoms with Gasteiger partial charge >= 0.3 is 0 Å². The van der Waals surface area contributed by atoms with Crippen molar-refractivity contribution in [3.8, 4) is 11.5 Å². The summed E-state index contributed by atoms with van der Waals surface area (Å²) in [6, 6.07) is 11.3. The average molecular weight is 374 g/mol. The van der Waals surface area contributed by atoms with Gasteiger partial charge in [-0.25, -0.2) is 4.39 Å². The van der Waals surface area contributed by atoms with Gasteiger partial charge in [-0.05, 0) is 29.8 Å². The minimum absolute atomic E-state index is 0.153. The molecule has 7 heteroatoms. The minimum atomic E-state index is -0.482. The van der Waals surface area contributed by atoms with Crippen molar-refractivity contribution in [3.63, 3.8) is 0 Å². The van der Waals surface area contributed by atoms with Gasteiger partial charge in [-0.1, -0.05) is 18.2 Å². The van der Waals surface area contributed by atoms with Crippen LogP contribution in [0.5, 0.6) is 11.5 Å². The lowest BCUT2D eigenvalue weighted by Gasteiger charge is -2.21. The summed E-state index contributed by atoms with van der Waals surface area (Å²) in [5, 5.41) is 2.74. The number of anilines is 1. The monoisotopic (exact) mass is 374 g/mol. The van der Waals surface area contributed by atoms with Gasteiger partial charge in [-0.2, -0.15) is 0 Å². The van der Waals surface area contributed by atoms with E-state index in [9.17, 15) is 14.0 Å². The maximum absolute atomic E-state index is 13.9. The number of nitrogens with one attached hydrogen (secondary N) is 1. The Kier molecular flexibility index (Phi) is 7.16. The van der Waals surface area contributed by atoms with Crippen molar-refractivity contribution >= 4 is 17.5 Å². The number of rotatable bonds is 8. The average Bonchev–Trinajstić information content (AvgIpc) is 2.65. The second-order valence-corrected chi connectivity index (χ2v) is 5.84. The van der Waals surface area contributed by atoms with Gasteiger partial charge in [0.05, 0.1) is 26.3 Å². The Morgan fingerprint density at radius 3 is 2.41 bits per heavy atom. The third kappa shape index (κ3) is 5.44. The van der Waals surface area contributed by atoms with Gasteiger partial charge in [-0.3, -0.25) is 9.59 Å². The van der Waals surface area contributed by atoms with Gasteiger partial charge in [-0.15, -0.1) is 0 Å². The molecule has 6 nitrogen and oxygen atoms in total. The number of ether oxygens (including phenoxy) is 2. The Morgan fingerprint density at radius 2 is 1.78 bits per heavy atom. The van der Waals surface area contributed by atoms with Crippen LogP contribution in [0.3, 0.4) is 0 Å². The van der Waals surface area contributed by atoms with E-state index in [1.54, 1.807) is 37.4 Å². The Morgan fingerprint density at radius 1 is 1.07 bits per heavy atom. The van der Waals surface area contributed by atoms with Crippen LogP contribution in [0.2, 0.25) is 0 Å². The fraction of sp³-hybridized carbons (Fsp3) is 0.300. The molecule has 0 heterocycles. The number of para-hydroxylation sites is 1. The van der Waals surface area contributed by atoms with E-state index >= 15 is 0 Å². The van der Waals surface area contributed by atoms with Gasteiger partial charge in [0.1, 0.15) is 5.82 Å². The zero-order valence-electron chi connectivity index (χ0n) is 15.6. The summed E-state index contributed by atoms with van der Waals surface area (Å²) in [5.74, 6) is 0.145. The number of methoxy groups -OCH3 is 2. The zero-order valence-corrected chi connectivity index (χ0v) is 15.6. The maximum atomic E-state index is 13.9. The van der Waals surface area contributed by atoms with E-state index in [1.165, 1.54) is 31.1 Å². The SMILES string of the molecule is COc1ccc(CC(=O)NCCN(C(C)=O)c2ccccc2F)cc1OC. The van der Waals surface area contributed by atoms with Gasteiger partial charge in [0.2, 0.25) is 11.8 Å². The predicted molar refractivity (Wildman–Crippen MR) is 101 cm³/mol. The largest absolute Gasteiger partial charge is 0.493 e. The summed E-state index contributed by atoms with van der Waals surface area (Å²) >= 11 is 0. The van der Waals surface area contributed by atoms with E-state index in [4.69, 9.17) is 9.47 Å². The van der Waals surface area contributed by atoms with Crippen LogP contribution >= 0.6 is 0 Å². The van der Waals surface area contributed by atoms with E-state index in [0.717, 1.165) is 5.56 Å². The molecule has 0 spiro atoms. The molecule has 0 aromatic heterocycles. The second-order valence-electron chi connectivity index (χ2n) is 5.84. The number of halogens is 1. The highest BCUT2D eigenvalue weighted by Gasteiger charge is 2.15. The van der Waals surface area contributed by atoms with Crippen molar-refractivity contribution in [2.45, 2.75) is 13.3 Å². The fourth-order valence-corrected chi connectivity index (χ4v) is 2.66. The van der Waals surface area contributed by atoms with Crippen LogP contribution in [-0.2, 0) is 16.0 Å². The molecule has 2 aromatic rings. The van der Waals surface area contributed by atoms with Crippen molar-refractivity contribution in [2.24, 2.45) is 0 Å². The van der Waals surface area contributed by atoms with Gasteiger partial charge < -0.3 is 19.7 Å². The van der Waals surface area contributed by atoms with Crippen molar-refractivity contribution in [3.05, 3.63) is 53.8 Å². The lowest BCUT2D eigenvalue weighted by molar-refractivity contribution is -0.121. The number of carbonyl (C=O) groups is 2. The minimum Gasteiger partial charge on any atom is -0.493 e. The summed E-state index contributed by atoms with van der Waals surface area (Å²) in [6.45, 7) is 1.74. The van der Waals surface area contributed by atoms with Gasteiger partial charge in [0.25, 0.3) is 0 Å². The highest BCUT2D eigenvalue weighted by molar-refractivity contribution is 5.91. The molecule has 0 radical (unpaired) electrons. The highest BCUT2D eigenvalue weighted by Crippen LogP contribution is 2.27. The molecule has 0 aliphatic carbocycles. The van der Waals surface area contributed by atoms with Crippen LogP contribution in [-0.4, -0.2) is 39.1 Å². The third-order valence-electron chi connectivity index (χ3n) is 3.99. The Bertz CT molecular complexity index is 810. The molecule has 2 aromatic carbocycles. The molecule has 0 fully saturated rings. The Balaban J connectivity index is 1.93. The van der Waals surface area contributed by atoms with Crippen molar-refractivity contribution in [2.75, 3.05) is 32.2 Å². The zero-order chi connectivity index (χ0) is 19.8. The van der Waals surface area contributed by atoms with Gasteiger partial charge in [0.15, 0.2) is 11.5 Å². The summed E-state index contributed by atoms with van der Waals surface area (Å²) in [6.07, 6.45) is 0.153. The topological polar surface area (TPSA) is 67.9 Å². The molecule has 0 unspecified atom stereocenters. The fourth-order valence-electron chi connectivity index (χ4n) is 2.66. The lowest BCUT2D eigenvalue weighted by atomic mass is 10.1. The number of hydrogen-bond acceptors (Lipinski definition) is 4. The van der Waals surface area contributed by atoms with Crippen LogP contribution in [0.25, 0.3) is 0 Å². The van der Waals surface area contributed by atoms with E-state index in [2.05, 4.69) is 5.32 Å². The molecular formula is C20H23FN2O4. The van der Waals surface area contributed by atoms with E-state index in [1.807, 2.05) is 0 Å². The Labute approximate surface area is 157 Å². The first kappa shape index (κ1) is 20.2. The molecule has 0 aliphatic rings. The first-order chi connectivity index (χ1) is 13.0. The molecular weight excluding hydrogens is 351 g/mol. The number of amides is 2. The number of hydrogen-bond donors (Lipinski definition) is 1. The van der Waals surface area contributed by atoms with Crippen molar-refractivity contribution in [1.29, 1.82) is 0 Å². The summed E-state index contributed by atoms with van der Waals surface area (Å²) in [7, 11) is 3.07. The van der Waals surface area contributed by atoms with Crippen LogP contribution in [0.15, 0.2) is 42.5 Å². The molecule has 0 bridgehead atoms. The first-order valence-electron chi connectivity index (χ1n) is 8.46. The lowest BCUT2D eigenvalue weighted by Crippen LogP contribution is -2.38. The summed E-state index contributed by atoms with van der Waals surface area (Å²) in [5.41, 5.74) is 0.960. The predicted octanol–water partition coefficient (Wildman–Crippen LogP) is 2.55. The molecule has 2 amide bonds. The molecule has 0 atom stereocenters. The molecule has 1 N–H and O–H groups in total. The van der Waals surface area contributed by atoms with E-state index in [0.29, 0.717) is 11.5 Å². The van der Waals surface area contributed by atoms with Crippen LogP contribution in [0, 0.1) is 5.82 Å². The second kappa shape index (κ2) is 9.56. The molecule has 0 aliphatic heterocycles. The standard InChI is InChI=1S/C20H23FN2O4/c1-14(24)23(17-7-5-4-6-16(17)21)11-10-22-20(25)13-15-8-9-18(26-2)19(12-15)27-3/h4-9,12H,10-11,13H2,1-3H3,(H,22,25). The number of carbonyl (C=O) groups excluding carboxylic acids is 2. The van der Waals surface area contributed by atoms with Crippen molar-refractivity contribution < 1.29 is 23.5 Å². The summed E-state index contributed by atoms with van der Waals surface area (Å²) < 4.78 is 24.3. The highest BCUT2D eigenvalue weighted by atomic mass is 19.1. The molecule has 0 saturated carbocycles. The van der Waals surface area contributed by atoms with E-state index in [-0.39, 0.29) is 37.0 Å². The maximum Gasteiger partial charge on any atom is 0.224 e. The van der Waals surface area contributed by atoms with Crippen molar-refractivity contribution in [1.82, 2.24) is 5.32 Å².